The van der Waals surface area contributed by atoms with E-state index < -0.39 is 18.1 Å². The van der Waals surface area contributed by atoms with Crippen molar-refractivity contribution in [1.82, 2.24) is 10.2 Å². The Morgan fingerprint density at radius 3 is 2.54 bits per heavy atom. The molecule has 2 rings (SSSR count). The first kappa shape index (κ1) is 18.3. The van der Waals surface area contributed by atoms with Crippen LogP contribution in [0.4, 0.5) is 13.2 Å². The summed E-state index contributed by atoms with van der Waals surface area (Å²) in [5.74, 6) is -2.12. The molecule has 1 aliphatic rings. The molecule has 0 bridgehead atoms. The first-order valence-electron chi connectivity index (χ1n) is 7.94. The van der Waals surface area contributed by atoms with Gasteiger partial charge in [0.05, 0.1) is 18.4 Å². The van der Waals surface area contributed by atoms with Crippen molar-refractivity contribution in [3.05, 3.63) is 35.9 Å². The van der Waals surface area contributed by atoms with Gasteiger partial charge >= 0.3 is 6.18 Å². The highest BCUT2D eigenvalue weighted by Crippen LogP contribution is 2.33. The van der Waals surface area contributed by atoms with Crippen molar-refractivity contribution in [3.63, 3.8) is 0 Å². The molecule has 1 aromatic rings. The summed E-state index contributed by atoms with van der Waals surface area (Å²) in [5, 5.41) is 2.70. The largest absolute Gasteiger partial charge is 0.393 e. The van der Waals surface area contributed by atoms with E-state index in [0.29, 0.717) is 13.0 Å². The van der Waals surface area contributed by atoms with Gasteiger partial charge in [-0.25, -0.2) is 0 Å². The lowest BCUT2D eigenvalue weighted by Crippen LogP contribution is -2.45. The van der Waals surface area contributed by atoms with Gasteiger partial charge in [0.1, 0.15) is 0 Å². The zero-order valence-corrected chi connectivity index (χ0v) is 13.5. The van der Waals surface area contributed by atoms with Crippen LogP contribution in [0.2, 0.25) is 0 Å². The second-order valence-electron chi connectivity index (χ2n) is 6.09. The van der Waals surface area contributed by atoms with E-state index in [1.165, 1.54) is 11.8 Å². The van der Waals surface area contributed by atoms with Crippen molar-refractivity contribution in [1.29, 1.82) is 0 Å². The molecule has 0 saturated carbocycles. The van der Waals surface area contributed by atoms with Gasteiger partial charge in [0.25, 0.3) is 0 Å². The van der Waals surface area contributed by atoms with Crippen LogP contribution < -0.4 is 5.32 Å². The number of nitrogens with one attached hydrogen (secondary N) is 1. The van der Waals surface area contributed by atoms with Crippen LogP contribution in [0.25, 0.3) is 0 Å². The highest BCUT2D eigenvalue weighted by Gasteiger charge is 2.42. The van der Waals surface area contributed by atoms with Crippen molar-refractivity contribution in [2.24, 2.45) is 5.92 Å². The number of amides is 2. The van der Waals surface area contributed by atoms with Crippen LogP contribution in [0, 0.1) is 5.92 Å². The molecular formula is C17H21F3N2O2. The molecule has 0 aromatic heterocycles. The molecule has 2 atom stereocenters. The second kappa shape index (κ2) is 7.68. The van der Waals surface area contributed by atoms with Crippen LogP contribution in [-0.2, 0) is 9.59 Å². The Morgan fingerprint density at radius 1 is 1.29 bits per heavy atom. The fourth-order valence-corrected chi connectivity index (χ4v) is 2.96. The van der Waals surface area contributed by atoms with Crippen LogP contribution in [-0.4, -0.2) is 36.0 Å². The number of halogens is 3. The molecule has 2 unspecified atom stereocenters. The third kappa shape index (κ3) is 4.97. The lowest BCUT2D eigenvalue weighted by atomic mass is 9.96. The van der Waals surface area contributed by atoms with Crippen molar-refractivity contribution in [2.45, 2.75) is 38.4 Å². The van der Waals surface area contributed by atoms with E-state index in [2.05, 4.69) is 5.32 Å². The Balaban J connectivity index is 2.06. The maximum absolute atomic E-state index is 12.9. The van der Waals surface area contributed by atoms with Crippen molar-refractivity contribution in [2.75, 3.05) is 13.1 Å². The number of likely N-dealkylation sites (tertiary alicyclic amines) is 1. The highest BCUT2D eigenvalue weighted by molar-refractivity contribution is 5.79. The maximum Gasteiger partial charge on any atom is 0.393 e. The summed E-state index contributed by atoms with van der Waals surface area (Å²) in [7, 11) is 0. The van der Waals surface area contributed by atoms with Gasteiger partial charge in [0, 0.05) is 20.0 Å². The van der Waals surface area contributed by atoms with Crippen molar-refractivity contribution < 1.29 is 22.8 Å². The van der Waals surface area contributed by atoms with Crippen LogP contribution in [0.5, 0.6) is 0 Å². The summed E-state index contributed by atoms with van der Waals surface area (Å²) < 4.78 is 38.6. The molecule has 0 radical (unpaired) electrons. The molecule has 1 aliphatic heterocycles. The minimum absolute atomic E-state index is 0.0474. The molecule has 132 valence electrons. The zero-order valence-electron chi connectivity index (χ0n) is 13.5. The Kier molecular flexibility index (Phi) is 5.85. The first-order chi connectivity index (χ1) is 11.3. The molecule has 7 heteroatoms. The fraction of sp³-hybridized carbons (Fsp3) is 0.529. The number of piperidine rings is 1. The van der Waals surface area contributed by atoms with Crippen molar-refractivity contribution in [3.8, 4) is 0 Å². The molecule has 1 N–H and O–H groups in total. The molecule has 1 fully saturated rings. The van der Waals surface area contributed by atoms with Crippen LogP contribution in [0.3, 0.4) is 0 Å². The Morgan fingerprint density at radius 2 is 1.96 bits per heavy atom. The molecule has 1 aromatic carbocycles. The van der Waals surface area contributed by atoms with Gasteiger partial charge in [-0.15, -0.1) is 0 Å². The van der Waals surface area contributed by atoms with E-state index in [1.54, 1.807) is 24.3 Å². The summed E-state index contributed by atoms with van der Waals surface area (Å²) in [6, 6.07) is 8.41. The molecule has 0 aliphatic carbocycles. The molecule has 1 saturated heterocycles. The van der Waals surface area contributed by atoms with Crippen LogP contribution in [0.1, 0.15) is 37.8 Å². The minimum Gasteiger partial charge on any atom is -0.349 e. The Bertz CT molecular complexity index is 575. The highest BCUT2D eigenvalue weighted by atomic mass is 19.4. The van der Waals surface area contributed by atoms with E-state index in [9.17, 15) is 22.8 Å². The molecule has 24 heavy (non-hydrogen) atoms. The maximum atomic E-state index is 12.9. The van der Waals surface area contributed by atoms with Gasteiger partial charge in [0.2, 0.25) is 11.8 Å². The summed E-state index contributed by atoms with van der Waals surface area (Å²) >= 11 is 0. The third-order valence-corrected chi connectivity index (χ3v) is 4.20. The average molecular weight is 342 g/mol. The van der Waals surface area contributed by atoms with Gasteiger partial charge in [-0.1, -0.05) is 30.3 Å². The Labute approximate surface area is 139 Å². The molecule has 1 heterocycles. The van der Waals surface area contributed by atoms with Crippen molar-refractivity contribution >= 4 is 11.8 Å². The van der Waals surface area contributed by atoms with Gasteiger partial charge in [-0.3, -0.25) is 9.59 Å². The van der Waals surface area contributed by atoms with Crippen LogP contribution in [0.15, 0.2) is 30.3 Å². The monoisotopic (exact) mass is 342 g/mol. The van der Waals surface area contributed by atoms with E-state index in [1.807, 2.05) is 6.07 Å². The summed E-state index contributed by atoms with van der Waals surface area (Å²) in [6.07, 6.45) is -3.93. The average Bonchev–Trinajstić information content (AvgIpc) is 2.54. The zero-order chi connectivity index (χ0) is 17.7. The normalized spacial score (nSPS) is 19.7. The number of rotatable bonds is 4. The summed E-state index contributed by atoms with van der Waals surface area (Å²) in [6.45, 7) is 1.37. The van der Waals surface area contributed by atoms with E-state index in [4.69, 9.17) is 0 Å². The van der Waals surface area contributed by atoms with Gasteiger partial charge in [-0.2, -0.15) is 13.2 Å². The number of hydrogen-bond donors (Lipinski definition) is 1. The number of carbonyl (C=O) groups excluding carboxylic acids is 2. The molecule has 0 spiro atoms. The summed E-state index contributed by atoms with van der Waals surface area (Å²) in [4.78, 5) is 25.1. The number of alkyl halides is 3. The number of carbonyl (C=O) groups is 2. The third-order valence-electron chi connectivity index (χ3n) is 4.20. The second-order valence-corrected chi connectivity index (χ2v) is 6.09. The number of nitrogens with zero attached hydrogens (tertiary/aromatic N) is 1. The number of hydrogen-bond acceptors (Lipinski definition) is 2. The topological polar surface area (TPSA) is 49.4 Å². The first-order valence-corrected chi connectivity index (χ1v) is 7.94. The van der Waals surface area contributed by atoms with E-state index in [-0.39, 0.29) is 31.2 Å². The predicted molar refractivity (Wildman–Crippen MR) is 83.0 cm³/mol. The minimum atomic E-state index is -4.28. The van der Waals surface area contributed by atoms with E-state index in [0.717, 1.165) is 5.56 Å². The fourth-order valence-electron chi connectivity index (χ4n) is 2.96. The quantitative estimate of drug-likeness (QED) is 0.914. The molecular weight excluding hydrogens is 321 g/mol. The Hall–Kier alpha value is -2.05. The lowest BCUT2D eigenvalue weighted by Gasteiger charge is -2.34. The van der Waals surface area contributed by atoms with E-state index >= 15 is 0 Å². The summed E-state index contributed by atoms with van der Waals surface area (Å²) in [5.41, 5.74) is 0.755. The van der Waals surface area contributed by atoms with Crippen LogP contribution >= 0.6 is 0 Å². The molecule has 4 nitrogen and oxygen atoms in total. The van der Waals surface area contributed by atoms with Gasteiger partial charge < -0.3 is 10.2 Å². The standard InChI is InChI=1S/C17H21F3N2O2/c1-12(23)21-15(13-6-3-2-4-7-13)10-16(24)22-9-5-8-14(11-22)17(18,19)20/h2-4,6-7,14-15H,5,8-11H2,1H3,(H,21,23). The smallest absolute Gasteiger partial charge is 0.349 e. The SMILES string of the molecule is CC(=O)NC(CC(=O)N1CCCC(C(F)(F)F)C1)c1ccccc1. The predicted octanol–water partition coefficient (Wildman–Crippen LogP) is 3.05. The molecule has 2 amide bonds. The van der Waals surface area contributed by atoms with Gasteiger partial charge in [-0.05, 0) is 18.4 Å². The van der Waals surface area contributed by atoms with Gasteiger partial charge in [0.15, 0.2) is 0 Å². The lowest BCUT2D eigenvalue weighted by molar-refractivity contribution is -0.188. The number of benzene rings is 1.